The third-order valence-electron chi connectivity index (χ3n) is 8.27. The number of hydrogen-bond donors (Lipinski definition) is 0. The van der Waals surface area contributed by atoms with E-state index in [2.05, 4.69) is 169 Å². The second-order valence-electron chi connectivity index (χ2n) is 11.0. The summed E-state index contributed by atoms with van der Waals surface area (Å²) in [4.78, 5) is 2.36. The van der Waals surface area contributed by atoms with Gasteiger partial charge in [-0.25, -0.2) is 0 Å². The smallest absolute Gasteiger partial charge is 0.145 e. The molecule has 0 saturated heterocycles. The summed E-state index contributed by atoms with van der Waals surface area (Å²) in [5.41, 5.74) is 12.0. The van der Waals surface area contributed by atoms with Gasteiger partial charge < -0.3 is 9.32 Å². The van der Waals surface area contributed by atoms with E-state index in [9.17, 15) is 0 Å². The fraction of sp³-hybridized carbons (Fsp3) is 0. The molecule has 0 fully saturated rings. The van der Waals surface area contributed by atoms with Crippen LogP contribution >= 0.6 is 0 Å². The minimum Gasteiger partial charge on any atom is -0.455 e. The van der Waals surface area contributed by atoms with Crippen LogP contribution in [0.1, 0.15) is 0 Å². The van der Waals surface area contributed by atoms with Gasteiger partial charge in [-0.05, 0) is 70.3 Å². The van der Waals surface area contributed by atoms with E-state index in [1.165, 1.54) is 22.3 Å². The summed E-state index contributed by atoms with van der Waals surface area (Å²) in [6.07, 6.45) is 0. The standard InChI is InChI=1S/C42H29NO/c1-4-13-30(14-5-1)32-23-25-35(26-24-32)43(36-20-12-19-34(29-36)31-15-6-2-7-16-31)39-28-27-37(33-17-8-3-9-18-33)42-41(39)38-21-10-11-22-40(38)44-42/h1-29H. The second-order valence-corrected chi connectivity index (χ2v) is 11.0. The maximum atomic E-state index is 6.64. The van der Waals surface area contributed by atoms with Crippen molar-refractivity contribution in [3.63, 3.8) is 0 Å². The van der Waals surface area contributed by atoms with Crippen molar-refractivity contribution in [3.05, 3.63) is 176 Å². The monoisotopic (exact) mass is 563 g/mol. The lowest BCUT2D eigenvalue weighted by molar-refractivity contribution is 0.670. The third-order valence-corrected chi connectivity index (χ3v) is 8.27. The summed E-state index contributed by atoms with van der Waals surface area (Å²) < 4.78 is 6.64. The number of fused-ring (bicyclic) bond motifs is 3. The van der Waals surface area contributed by atoms with E-state index < -0.39 is 0 Å². The van der Waals surface area contributed by atoms with Crippen LogP contribution in [0, 0.1) is 0 Å². The average molecular weight is 564 g/mol. The van der Waals surface area contributed by atoms with Crippen molar-refractivity contribution >= 4 is 39.0 Å². The second kappa shape index (κ2) is 11.1. The summed E-state index contributed by atoms with van der Waals surface area (Å²) in [5, 5.41) is 2.19. The molecule has 0 amide bonds. The van der Waals surface area contributed by atoms with Gasteiger partial charge in [0.1, 0.15) is 11.2 Å². The van der Waals surface area contributed by atoms with Crippen LogP contribution in [0.4, 0.5) is 17.1 Å². The average Bonchev–Trinajstić information content (AvgIpc) is 3.50. The maximum absolute atomic E-state index is 6.64. The fourth-order valence-corrected chi connectivity index (χ4v) is 6.16. The molecule has 44 heavy (non-hydrogen) atoms. The molecule has 0 bridgehead atoms. The van der Waals surface area contributed by atoms with E-state index in [1.807, 2.05) is 12.1 Å². The summed E-state index contributed by atoms with van der Waals surface area (Å²) in [6.45, 7) is 0. The number of benzene rings is 7. The van der Waals surface area contributed by atoms with Crippen molar-refractivity contribution in [2.45, 2.75) is 0 Å². The number of para-hydroxylation sites is 1. The topological polar surface area (TPSA) is 16.4 Å². The molecule has 2 nitrogen and oxygen atoms in total. The maximum Gasteiger partial charge on any atom is 0.145 e. The molecular weight excluding hydrogens is 534 g/mol. The zero-order valence-electron chi connectivity index (χ0n) is 24.1. The zero-order chi connectivity index (χ0) is 29.3. The van der Waals surface area contributed by atoms with Crippen LogP contribution in [0.15, 0.2) is 180 Å². The molecule has 0 saturated carbocycles. The molecule has 0 unspecified atom stereocenters. The van der Waals surface area contributed by atoms with Gasteiger partial charge in [-0.15, -0.1) is 0 Å². The normalized spacial score (nSPS) is 11.2. The molecule has 0 aliphatic carbocycles. The van der Waals surface area contributed by atoms with Gasteiger partial charge in [-0.2, -0.15) is 0 Å². The van der Waals surface area contributed by atoms with E-state index in [0.717, 1.165) is 50.1 Å². The summed E-state index contributed by atoms with van der Waals surface area (Å²) in [5.74, 6) is 0. The lowest BCUT2D eigenvalue weighted by atomic mass is 9.99. The Labute approximate surface area is 257 Å². The van der Waals surface area contributed by atoms with Crippen molar-refractivity contribution < 1.29 is 4.42 Å². The Hall–Kier alpha value is -5.86. The Morgan fingerprint density at radius 2 is 0.955 bits per heavy atom. The quantitative estimate of drug-likeness (QED) is 0.200. The Morgan fingerprint density at radius 3 is 1.66 bits per heavy atom. The van der Waals surface area contributed by atoms with Crippen LogP contribution in [-0.4, -0.2) is 0 Å². The minimum absolute atomic E-state index is 0.879. The van der Waals surface area contributed by atoms with Gasteiger partial charge in [0, 0.05) is 22.3 Å². The molecule has 0 spiro atoms. The van der Waals surface area contributed by atoms with Crippen molar-refractivity contribution in [2.24, 2.45) is 0 Å². The van der Waals surface area contributed by atoms with Crippen LogP contribution in [0.2, 0.25) is 0 Å². The molecule has 0 aliphatic rings. The van der Waals surface area contributed by atoms with Gasteiger partial charge in [0.2, 0.25) is 0 Å². The van der Waals surface area contributed by atoms with Gasteiger partial charge in [0.25, 0.3) is 0 Å². The summed E-state index contributed by atoms with van der Waals surface area (Å²) >= 11 is 0. The SMILES string of the molecule is c1ccc(-c2ccc(N(c3cccc(-c4ccccc4)c3)c3ccc(-c4ccccc4)c4oc5ccccc5c34)cc2)cc1. The molecule has 8 rings (SSSR count). The predicted molar refractivity (Wildman–Crippen MR) is 185 cm³/mol. The van der Waals surface area contributed by atoms with E-state index >= 15 is 0 Å². The highest BCUT2D eigenvalue weighted by Gasteiger charge is 2.22. The van der Waals surface area contributed by atoms with Crippen molar-refractivity contribution in [1.29, 1.82) is 0 Å². The molecule has 0 N–H and O–H groups in total. The molecule has 0 aliphatic heterocycles. The molecule has 2 heteroatoms. The number of hydrogen-bond acceptors (Lipinski definition) is 2. The summed E-state index contributed by atoms with van der Waals surface area (Å²) in [7, 11) is 0. The van der Waals surface area contributed by atoms with Crippen LogP contribution in [0.25, 0.3) is 55.3 Å². The molecule has 8 aromatic rings. The Morgan fingerprint density at radius 1 is 0.386 bits per heavy atom. The van der Waals surface area contributed by atoms with Gasteiger partial charge in [0.15, 0.2) is 0 Å². The lowest BCUT2D eigenvalue weighted by Crippen LogP contribution is -2.10. The van der Waals surface area contributed by atoms with Crippen LogP contribution < -0.4 is 4.90 Å². The van der Waals surface area contributed by atoms with Gasteiger partial charge in [-0.1, -0.05) is 133 Å². The summed E-state index contributed by atoms with van der Waals surface area (Å²) in [6, 6.07) is 62.0. The van der Waals surface area contributed by atoms with Gasteiger partial charge in [-0.3, -0.25) is 0 Å². The molecular formula is C42H29NO. The minimum atomic E-state index is 0.879. The highest BCUT2D eigenvalue weighted by Crippen LogP contribution is 2.46. The van der Waals surface area contributed by atoms with Crippen molar-refractivity contribution in [1.82, 2.24) is 0 Å². The first kappa shape index (κ1) is 25.8. The molecule has 1 aromatic heterocycles. The number of anilines is 3. The van der Waals surface area contributed by atoms with Crippen LogP contribution in [0.5, 0.6) is 0 Å². The first-order valence-corrected chi connectivity index (χ1v) is 14.9. The Bertz CT molecular complexity index is 2200. The lowest BCUT2D eigenvalue weighted by Gasteiger charge is -2.27. The van der Waals surface area contributed by atoms with Crippen molar-refractivity contribution in [2.75, 3.05) is 4.90 Å². The van der Waals surface area contributed by atoms with E-state index in [0.29, 0.717) is 0 Å². The number of rotatable bonds is 6. The predicted octanol–water partition coefficient (Wildman–Crippen LogP) is 12.1. The van der Waals surface area contributed by atoms with Crippen LogP contribution in [0.3, 0.4) is 0 Å². The highest BCUT2D eigenvalue weighted by molar-refractivity contribution is 6.17. The van der Waals surface area contributed by atoms with E-state index in [-0.39, 0.29) is 0 Å². The van der Waals surface area contributed by atoms with Gasteiger partial charge >= 0.3 is 0 Å². The van der Waals surface area contributed by atoms with E-state index in [1.54, 1.807) is 0 Å². The van der Waals surface area contributed by atoms with Crippen molar-refractivity contribution in [3.8, 4) is 33.4 Å². The third kappa shape index (κ3) is 4.63. The first-order valence-electron chi connectivity index (χ1n) is 14.9. The van der Waals surface area contributed by atoms with Crippen LogP contribution in [-0.2, 0) is 0 Å². The molecule has 0 radical (unpaired) electrons. The first-order chi connectivity index (χ1) is 21.8. The largest absolute Gasteiger partial charge is 0.455 e. The highest BCUT2D eigenvalue weighted by atomic mass is 16.3. The zero-order valence-corrected chi connectivity index (χ0v) is 24.1. The van der Waals surface area contributed by atoms with Gasteiger partial charge in [0.05, 0.1) is 11.1 Å². The Balaban J connectivity index is 1.38. The number of furan rings is 1. The van der Waals surface area contributed by atoms with E-state index in [4.69, 9.17) is 4.42 Å². The molecule has 1 heterocycles. The molecule has 208 valence electrons. The Kier molecular flexibility index (Phi) is 6.51. The number of nitrogens with zero attached hydrogens (tertiary/aromatic N) is 1. The molecule has 7 aromatic carbocycles. The fourth-order valence-electron chi connectivity index (χ4n) is 6.16. The molecule has 0 atom stereocenters.